The first-order valence-corrected chi connectivity index (χ1v) is 7.60. The standard InChI is InChI=1S/C18H18FN3O2/c1-22(2)11-12-23-16-6-4-3-5-15(16)18-20-17(21-24-18)13-7-9-14(19)10-8-13/h3-10H,11-12H2,1-2H3. The molecule has 0 unspecified atom stereocenters. The van der Waals surface area contributed by atoms with E-state index >= 15 is 0 Å². The summed E-state index contributed by atoms with van der Waals surface area (Å²) in [4.78, 5) is 6.44. The predicted octanol–water partition coefficient (Wildman–Crippen LogP) is 3.48. The van der Waals surface area contributed by atoms with Crippen LogP contribution < -0.4 is 4.74 Å². The van der Waals surface area contributed by atoms with Crippen molar-refractivity contribution < 1.29 is 13.7 Å². The summed E-state index contributed by atoms with van der Waals surface area (Å²) < 4.78 is 24.2. The lowest BCUT2D eigenvalue weighted by atomic mass is 10.2. The molecule has 3 rings (SSSR count). The van der Waals surface area contributed by atoms with Crippen LogP contribution in [0.15, 0.2) is 53.1 Å². The molecule has 0 spiro atoms. The molecule has 0 saturated carbocycles. The molecule has 24 heavy (non-hydrogen) atoms. The van der Waals surface area contributed by atoms with E-state index in [1.807, 2.05) is 43.3 Å². The Labute approximate surface area is 139 Å². The Morgan fingerprint density at radius 3 is 2.58 bits per heavy atom. The zero-order valence-corrected chi connectivity index (χ0v) is 13.6. The third kappa shape index (κ3) is 3.78. The van der Waals surface area contributed by atoms with Gasteiger partial charge in [0.25, 0.3) is 5.89 Å². The van der Waals surface area contributed by atoms with Gasteiger partial charge in [0.2, 0.25) is 5.82 Å². The summed E-state index contributed by atoms with van der Waals surface area (Å²) in [6.07, 6.45) is 0. The summed E-state index contributed by atoms with van der Waals surface area (Å²) in [6.45, 7) is 1.36. The number of hydrogen-bond acceptors (Lipinski definition) is 5. The SMILES string of the molecule is CN(C)CCOc1ccccc1-c1nc(-c2ccc(F)cc2)no1. The highest BCUT2D eigenvalue weighted by Crippen LogP contribution is 2.30. The number of benzene rings is 2. The van der Waals surface area contributed by atoms with Gasteiger partial charge in [-0.05, 0) is 50.5 Å². The van der Waals surface area contributed by atoms with Crippen LogP contribution in [-0.2, 0) is 0 Å². The summed E-state index contributed by atoms with van der Waals surface area (Å²) in [6, 6.07) is 13.5. The normalized spacial score (nSPS) is 11.0. The van der Waals surface area contributed by atoms with Crippen molar-refractivity contribution >= 4 is 0 Å². The Balaban J connectivity index is 1.83. The van der Waals surface area contributed by atoms with E-state index in [1.54, 1.807) is 12.1 Å². The van der Waals surface area contributed by atoms with Crippen molar-refractivity contribution in [3.8, 4) is 28.6 Å². The van der Waals surface area contributed by atoms with Crippen LogP contribution in [0.1, 0.15) is 0 Å². The average Bonchev–Trinajstić information content (AvgIpc) is 3.05. The van der Waals surface area contributed by atoms with E-state index in [-0.39, 0.29) is 5.82 Å². The second-order valence-corrected chi connectivity index (χ2v) is 5.58. The van der Waals surface area contributed by atoms with Gasteiger partial charge in [0.05, 0.1) is 5.56 Å². The van der Waals surface area contributed by atoms with Crippen LogP contribution in [-0.4, -0.2) is 42.3 Å². The van der Waals surface area contributed by atoms with Crippen LogP contribution in [0.2, 0.25) is 0 Å². The Kier molecular flexibility index (Phi) is 4.86. The number of rotatable bonds is 6. The second kappa shape index (κ2) is 7.23. The zero-order valence-electron chi connectivity index (χ0n) is 13.6. The van der Waals surface area contributed by atoms with Crippen LogP contribution in [0.25, 0.3) is 22.8 Å². The van der Waals surface area contributed by atoms with Crippen molar-refractivity contribution in [2.24, 2.45) is 0 Å². The largest absolute Gasteiger partial charge is 0.491 e. The van der Waals surface area contributed by atoms with E-state index in [0.29, 0.717) is 29.6 Å². The van der Waals surface area contributed by atoms with E-state index in [4.69, 9.17) is 9.26 Å². The van der Waals surface area contributed by atoms with Crippen molar-refractivity contribution in [3.63, 3.8) is 0 Å². The van der Waals surface area contributed by atoms with Gasteiger partial charge in [-0.2, -0.15) is 4.98 Å². The Bertz CT molecular complexity index is 800. The van der Waals surface area contributed by atoms with Crippen molar-refractivity contribution in [3.05, 3.63) is 54.3 Å². The quantitative estimate of drug-likeness (QED) is 0.694. The van der Waals surface area contributed by atoms with Gasteiger partial charge in [-0.3, -0.25) is 0 Å². The number of para-hydroxylation sites is 1. The Hall–Kier alpha value is -2.73. The van der Waals surface area contributed by atoms with E-state index in [1.165, 1.54) is 12.1 Å². The number of aromatic nitrogens is 2. The van der Waals surface area contributed by atoms with E-state index < -0.39 is 0 Å². The maximum Gasteiger partial charge on any atom is 0.262 e. The fraction of sp³-hybridized carbons (Fsp3) is 0.222. The minimum Gasteiger partial charge on any atom is -0.491 e. The molecule has 0 atom stereocenters. The average molecular weight is 327 g/mol. The van der Waals surface area contributed by atoms with Gasteiger partial charge in [-0.1, -0.05) is 17.3 Å². The molecule has 0 saturated heterocycles. The number of nitrogens with zero attached hydrogens (tertiary/aromatic N) is 3. The van der Waals surface area contributed by atoms with E-state index in [9.17, 15) is 4.39 Å². The molecule has 1 heterocycles. The van der Waals surface area contributed by atoms with Gasteiger partial charge in [-0.15, -0.1) is 0 Å². The van der Waals surface area contributed by atoms with Crippen molar-refractivity contribution in [2.75, 3.05) is 27.2 Å². The number of likely N-dealkylation sites (N-methyl/N-ethyl adjacent to an activating group) is 1. The first-order valence-electron chi connectivity index (χ1n) is 7.60. The lowest BCUT2D eigenvalue weighted by Gasteiger charge is -2.12. The van der Waals surface area contributed by atoms with Gasteiger partial charge in [0.15, 0.2) is 0 Å². The number of ether oxygens (including phenoxy) is 1. The van der Waals surface area contributed by atoms with Gasteiger partial charge < -0.3 is 14.2 Å². The van der Waals surface area contributed by atoms with Crippen LogP contribution in [0.5, 0.6) is 5.75 Å². The van der Waals surface area contributed by atoms with Crippen LogP contribution >= 0.6 is 0 Å². The summed E-state index contributed by atoms with van der Waals surface area (Å²) in [5.74, 6) is 1.17. The second-order valence-electron chi connectivity index (χ2n) is 5.58. The summed E-state index contributed by atoms with van der Waals surface area (Å²) in [5, 5.41) is 3.97. The minimum atomic E-state index is -0.304. The maximum atomic E-state index is 13.0. The molecule has 0 radical (unpaired) electrons. The maximum absolute atomic E-state index is 13.0. The van der Waals surface area contributed by atoms with Crippen LogP contribution in [0, 0.1) is 5.82 Å². The monoisotopic (exact) mass is 327 g/mol. The molecule has 1 aromatic heterocycles. The third-order valence-corrected chi connectivity index (χ3v) is 3.44. The lowest BCUT2D eigenvalue weighted by Crippen LogP contribution is -2.19. The van der Waals surface area contributed by atoms with Crippen LogP contribution in [0.3, 0.4) is 0 Å². The Morgan fingerprint density at radius 1 is 1.08 bits per heavy atom. The summed E-state index contributed by atoms with van der Waals surface area (Å²) in [5.41, 5.74) is 1.43. The number of hydrogen-bond donors (Lipinski definition) is 0. The molecule has 3 aromatic rings. The minimum absolute atomic E-state index is 0.304. The van der Waals surface area contributed by atoms with Gasteiger partial charge in [0.1, 0.15) is 18.2 Å². The highest BCUT2D eigenvalue weighted by molar-refractivity contribution is 5.65. The van der Waals surface area contributed by atoms with Crippen molar-refractivity contribution in [1.82, 2.24) is 15.0 Å². The number of halogens is 1. The molecule has 6 heteroatoms. The van der Waals surface area contributed by atoms with Gasteiger partial charge in [0, 0.05) is 12.1 Å². The highest BCUT2D eigenvalue weighted by atomic mass is 19.1. The highest BCUT2D eigenvalue weighted by Gasteiger charge is 2.14. The molecular weight excluding hydrogens is 309 g/mol. The molecule has 5 nitrogen and oxygen atoms in total. The smallest absolute Gasteiger partial charge is 0.262 e. The molecule has 0 N–H and O–H groups in total. The summed E-state index contributed by atoms with van der Waals surface area (Å²) in [7, 11) is 3.98. The summed E-state index contributed by atoms with van der Waals surface area (Å²) >= 11 is 0. The van der Waals surface area contributed by atoms with Crippen LogP contribution in [0.4, 0.5) is 4.39 Å². The zero-order chi connectivity index (χ0) is 16.9. The predicted molar refractivity (Wildman–Crippen MR) is 89.2 cm³/mol. The van der Waals surface area contributed by atoms with Crippen molar-refractivity contribution in [2.45, 2.75) is 0 Å². The fourth-order valence-corrected chi connectivity index (χ4v) is 2.16. The third-order valence-electron chi connectivity index (χ3n) is 3.44. The fourth-order valence-electron chi connectivity index (χ4n) is 2.16. The van der Waals surface area contributed by atoms with Gasteiger partial charge >= 0.3 is 0 Å². The molecule has 0 fully saturated rings. The molecule has 2 aromatic carbocycles. The van der Waals surface area contributed by atoms with E-state index in [0.717, 1.165) is 12.1 Å². The molecule has 124 valence electrons. The molecular formula is C18H18FN3O2. The molecule has 0 bridgehead atoms. The molecule has 0 aliphatic rings. The first-order chi connectivity index (χ1) is 11.6. The topological polar surface area (TPSA) is 51.4 Å². The van der Waals surface area contributed by atoms with Gasteiger partial charge in [-0.25, -0.2) is 4.39 Å². The lowest BCUT2D eigenvalue weighted by molar-refractivity contribution is 0.261. The van der Waals surface area contributed by atoms with Crippen molar-refractivity contribution in [1.29, 1.82) is 0 Å². The first kappa shape index (κ1) is 16.1. The van der Waals surface area contributed by atoms with E-state index in [2.05, 4.69) is 10.1 Å². The Morgan fingerprint density at radius 2 is 1.83 bits per heavy atom. The molecule has 0 amide bonds. The molecule has 0 aliphatic heterocycles. The molecule has 0 aliphatic carbocycles.